The van der Waals surface area contributed by atoms with Crippen LogP contribution in [0.15, 0.2) is 12.1 Å². The Bertz CT molecular complexity index is 1190. The number of aliphatic hydroxyl groups is 1. The summed E-state index contributed by atoms with van der Waals surface area (Å²) in [6.07, 6.45) is 6.50. The van der Waals surface area contributed by atoms with Gasteiger partial charge < -0.3 is 24.1 Å². The van der Waals surface area contributed by atoms with Gasteiger partial charge in [-0.15, -0.1) is 0 Å². The fraction of sp³-hybridized carbons (Fsp3) is 0.774. The highest BCUT2D eigenvalue weighted by Gasteiger charge is 2.82. The van der Waals surface area contributed by atoms with Crippen LogP contribution in [0.1, 0.15) is 77.3 Å². The molecule has 0 amide bonds. The summed E-state index contributed by atoms with van der Waals surface area (Å²) in [5.74, 6) is 1.85. The van der Waals surface area contributed by atoms with Gasteiger partial charge in [0.15, 0.2) is 11.5 Å². The van der Waals surface area contributed by atoms with Crippen LogP contribution in [0.3, 0.4) is 0 Å². The van der Waals surface area contributed by atoms with Crippen molar-refractivity contribution in [2.24, 2.45) is 22.7 Å². The number of nitrogens with zero attached hydrogens (tertiary/aromatic N) is 1. The van der Waals surface area contributed by atoms with Gasteiger partial charge in [-0.25, -0.2) is 4.79 Å². The molecule has 7 nitrogen and oxygen atoms in total. The third-order valence-electron chi connectivity index (χ3n) is 12.2. The third-order valence-corrected chi connectivity index (χ3v) is 12.2. The van der Waals surface area contributed by atoms with Gasteiger partial charge in [0.1, 0.15) is 11.7 Å². The number of hydrogen-bond donors (Lipinski definition) is 1. The molecule has 5 aliphatic carbocycles. The zero-order valence-corrected chi connectivity index (χ0v) is 23.8. The lowest BCUT2D eigenvalue weighted by molar-refractivity contribution is -0.312. The quantitative estimate of drug-likeness (QED) is 0.435. The van der Waals surface area contributed by atoms with E-state index in [9.17, 15) is 9.90 Å². The molecule has 0 aromatic heterocycles. The van der Waals surface area contributed by atoms with E-state index in [0.29, 0.717) is 17.5 Å². The van der Waals surface area contributed by atoms with Gasteiger partial charge in [-0.1, -0.05) is 26.8 Å². The molecule has 2 aliphatic heterocycles. The predicted octanol–water partition coefficient (Wildman–Crippen LogP) is 4.85. The Hall–Kier alpha value is -1.83. The van der Waals surface area contributed by atoms with Crippen molar-refractivity contribution in [2.45, 2.75) is 101 Å². The normalized spacial score (nSPS) is 40.2. The van der Waals surface area contributed by atoms with Crippen molar-refractivity contribution in [2.75, 3.05) is 27.3 Å². The van der Waals surface area contributed by atoms with Gasteiger partial charge >= 0.3 is 6.16 Å². The second-order valence-electron chi connectivity index (χ2n) is 14.3. The Morgan fingerprint density at radius 1 is 1.16 bits per heavy atom. The van der Waals surface area contributed by atoms with E-state index in [4.69, 9.17) is 18.9 Å². The molecule has 8 rings (SSSR count). The monoisotopic (exact) mass is 525 g/mol. The number of fused-ring (bicyclic) bond motifs is 2. The molecule has 1 N–H and O–H groups in total. The largest absolute Gasteiger partial charge is 0.513 e. The number of piperidine rings is 1. The first-order chi connectivity index (χ1) is 17.9. The Labute approximate surface area is 226 Å². The smallest absolute Gasteiger partial charge is 0.482 e. The third kappa shape index (κ3) is 2.83. The molecule has 1 saturated heterocycles. The molecule has 1 aromatic carbocycles. The Morgan fingerprint density at radius 3 is 2.58 bits per heavy atom. The molecule has 7 heteroatoms. The van der Waals surface area contributed by atoms with Gasteiger partial charge in [0, 0.05) is 42.0 Å². The average Bonchev–Trinajstić information content (AvgIpc) is 3.62. The lowest BCUT2D eigenvalue weighted by atomic mass is 9.33. The fourth-order valence-electron chi connectivity index (χ4n) is 9.78. The summed E-state index contributed by atoms with van der Waals surface area (Å²) in [6, 6.07) is 4.43. The summed E-state index contributed by atoms with van der Waals surface area (Å²) in [4.78, 5) is 15.0. The minimum Gasteiger partial charge on any atom is -0.482 e. The highest BCUT2D eigenvalue weighted by atomic mass is 16.7. The average molecular weight is 526 g/mol. The summed E-state index contributed by atoms with van der Waals surface area (Å²) >= 11 is 0. The van der Waals surface area contributed by atoms with E-state index in [-0.39, 0.29) is 28.3 Å². The first kappa shape index (κ1) is 25.2. The van der Waals surface area contributed by atoms with Crippen LogP contribution in [-0.4, -0.2) is 66.8 Å². The van der Waals surface area contributed by atoms with E-state index in [2.05, 4.69) is 31.7 Å². The number of carbonyl (C=O) groups excluding carboxylic acids is 1. The van der Waals surface area contributed by atoms with Crippen LogP contribution in [0.2, 0.25) is 0 Å². The van der Waals surface area contributed by atoms with Crippen LogP contribution in [0.4, 0.5) is 4.79 Å². The molecule has 7 atom stereocenters. The summed E-state index contributed by atoms with van der Waals surface area (Å²) in [6.45, 7) is 10.6. The lowest BCUT2D eigenvalue weighted by Gasteiger charge is -2.75. The van der Waals surface area contributed by atoms with Crippen molar-refractivity contribution in [3.63, 3.8) is 0 Å². The van der Waals surface area contributed by atoms with Crippen LogP contribution in [0.25, 0.3) is 0 Å². The van der Waals surface area contributed by atoms with Crippen molar-refractivity contribution in [3.8, 4) is 11.5 Å². The van der Waals surface area contributed by atoms with E-state index < -0.39 is 17.4 Å². The molecular formula is C31H43NO6. The molecule has 0 radical (unpaired) electrons. The van der Waals surface area contributed by atoms with Crippen molar-refractivity contribution in [3.05, 3.63) is 23.3 Å². The number of rotatable bonds is 5. The second kappa shape index (κ2) is 7.67. The standard InChI is InChI=1S/C31H43NO6/c1-27(2,3)28(4,34)21-16-29-11-12-31(21,36-6)25-30(29)13-14-32(17-18-7-8-18)22(29)15-19-9-10-20(37-26(33)35-5)24(38-25)23(19)30/h9-10,18,21-22,25,34H,7-8,11-17H2,1-6H3/t21-,22-,25-,28+,29-,30+,31?/m1/s1. The summed E-state index contributed by atoms with van der Waals surface area (Å²) in [5.41, 5.74) is 0.352. The Kier molecular flexibility index (Phi) is 5.08. The Morgan fingerprint density at radius 2 is 1.92 bits per heavy atom. The number of hydrogen-bond acceptors (Lipinski definition) is 7. The predicted molar refractivity (Wildman–Crippen MR) is 142 cm³/mol. The zero-order chi connectivity index (χ0) is 26.9. The highest BCUT2D eigenvalue weighted by molar-refractivity contribution is 5.69. The molecule has 208 valence electrons. The maximum Gasteiger partial charge on any atom is 0.513 e. The molecule has 2 spiro atoms. The van der Waals surface area contributed by atoms with Crippen molar-refractivity contribution in [1.29, 1.82) is 0 Å². The molecular weight excluding hydrogens is 482 g/mol. The molecule has 4 bridgehead atoms. The van der Waals surface area contributed by atoms with Gasteiger partial charge in [-0.3, -0.25) is 4.90 Å². The molecule has 38 heavy (non-hydrogen) atoms. The molecule has 5 fully saturated rings. The van der Waals surface area contributed by atoms with Crippen LogP contribution >= 0.6 is 0 Å². The maximum absolute atomic E-state index is 12.3. The molecule has 1 aromatic rings. The topological polar surface area (TPSA) is 77.5 Å². The van der Waals surface area contributed by atoms with Crippen molar-refractivity contribution in [1.82, 2.24) is 4.90 Å². The minimum atomic E-state index is -0.961. The lowest BCUT2D eigenvalue weighted by Crippen LogP contribution is -2.83. The van der Waals surface area contributed by atoms with E-state index in [1.54, 1.807) is 0 Å². The molecule has 4 saturated carbocycles. The number of likely N-dealkylation sites (tertiary alicyclic amines) is 1. The van der Waals surface area contributed by atoms with Crippen molar-refractivity contribution < 1.29 is 28.8 Å². The first-order valence-electron chi connectivity index (χ1n) is 14.6. The van der Waals surface area contributed by atoms with Gasteiger partial charge in [0.2, 0.25) is 0 Å². The molecule has 7 aliphatic rings. The fourth-order valence-corrected chi connectivity index (χ4v) is 9.78. The molecule has 2 heterocycles. The maximum atomic E-state index is 12.3. The number of methoxy groups -OCH3 is 2. The SMILES string of the molecule is COC(=O)Oc1ccc2c3c1O[C@H]1C4(OC)CC[C@@]5(C[C@@H]4[C@](C)(O)C(C)(C)C)[C@@H](C2)N(CC2CC2)CC[C@]315. The number of carbonyl (C=O) groups is 1. The van der Waals surface area contributed by atoms with E-state index in [1.165, 1.54) is 37.6 Å². The van der Waals surface area contributed by atoms with Crippen LogP contribution < -0.4 is 9.47 Å². The van der Waals surface area contributed by atoms with Crippen molar-refractivity contribution >= 4 is 6.16 Å². The van der Waals surface area contributed by atoms with E-state index in [0.717, 1.165) is 44.6 Å². The minimum absolute atomic E-state index is 0.0346. The highest BCUT2D eigenvalue weighted by Crippen LogP contribution is 2.78. The van der Waals surface area contributed by atoms with Gasteiger partial charge in [-0.05, 0) is 81.4 Å². The zero-order valence-electron chi connectivity index (χ0n) is 23.8. The first-order valence-corrected chi connectivity index (χ1v) is 14.6. The number of ether oxygens (including phenoxy) is 4. The van der Waals surface area contributed by atoms with Gasteiger partial charge in [-0.2, -0.15) is 0 Å². The second-order valence-corrected chi connectivity index (χ2v) is 14.3. The van der Waals surface area contributed by atoms with E-state index in [1.807, 2.05) is 20.1 Å². The van der Waals surface area contributed by atoms with E-state index >= 15 is 0 Å². The number of benzene rings is 1. The molecule has 1 unspecified atom stereocenters. The Balaban J connectivity index is 1.45. The summed E-state index contributed by atoms with van der Waals surface area (Å²) in [7, 11) is 3.14. The summed E-state index contributed by atoms with van der Waals surface area (Å²) < 4.78 is 24.2. The van der Waals surface area contributed by atoms with Crippen LogP contribution in [0.5, 0.6) is 11.5 Å². The van der Waals surface area contributed by atoms with Gasteiger partial charge in [0.25, 0.3) is 0 Å². The van der Waals surface area contributed by atoms with Crippen LogP contribution in [0, 0.1) is 22.7 Å². The summed E-state index contributed by atoms with van der Waals surface area (Å²) in [5, 5.41) is 12.3. The van der Waals surface area contributed by atoms with Gasteiger partial charge in [0.05, 0.1) is 12.7 Å². The van der Waals surface area contributed by atoms with Crippen LogP contribution in [-0.2, 0) is 21.3 Å².